The van der Waals surface area contributed by atoms with Crippen molar-refractivity contribution in [1.29, 1.82) is 0 Å². The Labute approximate surface area is 905 Å². The predicted molar refractivity (Wildman–Crippen MR) is 600 cm³/mol. The van der Waals surface area contributed by atoms with E-state index in [1.54, 1.807) is 0 Å². The average molecular weight is 2470 g/mol. The number of pyridine rings is 1. The molecule has 30 aromatic rings. The topological polar surface area (TPSA) is 135 Å². The molecule has 0 unspecified atom stereocenters. The van der Waals surface area contributed by atoms with Crippen LogP contribution in [-0.4, -0.2) is 76.0 Å². The molecule has 0 atom stereocenters. The van der Waals surface area contributed by atoms with Gasteiger partial charge in [-0.05, 0) is 219 Å². The van der Waals surface area contributed by atoms with Gasteiger partial charge in [-0.15, -0.1) is 161 Å². The first-order chi connectivity index (χ1) is 72.3. The fourth-order valence-corrected chi connectivity index (χ4v) is 22.0. The van der Waals surface area contributed by atoms with Gasteiger partial charge in [-0.1, -0.05) is 228 Å². The number of imidazole rings is 6. The van der Waals surface area contributed by atoms with Gasteiger partial charge in [0.1, 0.15) is 5.65 Å². The molecule has 0 saturated carbocycles. The molecule has 19 heteroatoms. The standard InChI is InChI=1S/2C44H29N5.C43H28N6.3Pt/c1-47-40-16-7-5-14-37(40)45-43(47)32-12-9-13-34(25-32)49-39-23-21-31(30-19-18-28-10-3-4-11-29(28)24-30)26-36(39)35-22-20-33(27-42(35)49)44-46-38-15-6-8-17-41(38)48(44)2;1-47-39-16-7-5-14-37(39)45-43(47)32-12-9-13-34(25-32)49-41-26-31(30-19-18-28-10-3-4-11-29(28)24-30)20-22-35(41)36-23-21-33(27-42(36)49)44-46-38-15-6-8-17-40(38)48(44)2;1-47-38-18-6-5-17-36(38)45-41(47)29-12-7-13-31(24-29)49-40-26-30(19-21-34(40)35-16-9-23-44-43(35)49)42-46-37-25-28(20-22-39(37)48(42)2)33-15-8-11-27-10-3-4-14-32(27)33;;;/h2*3-24,26H,1-2H3;3-23,25H,1-2H3;;;/q3*-2;3*+2. The zero-order valence-electron chi connectivity index (χ0n) is 81.9. The van der Waals surface area contributed by atoms with Crippen LogP contribution in [0.1, 0.15) is 0 Å². The fraction of sp³-hybridized carbons (Fsp3) is 0.0458. The zero-order valence-corrected chi connectivity index (χ0v) is 88.7. The molecule has 0 bridgehead atoms. The van der Waals surface area contributed by atoms with Crippen molar-refractivity contribution in [2.45, 2.75) is 0 Å². The van der Waals surface area contributed by atoms with Gasteiger partial charge < -0.3 is 41.1 Å². The van der Waals surface area contributed by atoms with Crippen LogP contribution >= 0.6 is 0 Å². The van der Waals surface area contributed by atoms with Gasteiger partial charge in [0.15, 0.2) is 0 Å². The Bertz CT molecular complexity index is 10600. The SMILES string of the molecule is Cn1c(-c2[c-]c(-n3c4[c-]c(-c5nc6cc(-c7cccc8ccccc78)ccc6n5C)ccc4c4cccnc43)ccc2)nc2ccccc21.Cn1c(-c2[c-]c(-n3c4[c-]c(-c5nc6ccccc6n5C)ccc4c4cc(-c5ccc6ccccc6c5)ccc43)ccc2)nc2ccccc21.Cn1c(-c2[c-]c(-n3c4[c-]c(-c5nc6ccccc6n5C)ccc4c4ccc(-c5ccc6ccccc6c5)cc43)ccc2)nc2ccccc21.[Pt+2].[Pt+2].[Pt+2]. The van der Waals surface area contributed by atoms with E-state index in [1.165, 1.54) is 54.6 Å². The molecule has 0 aliphatic carbocycles. The summed E-state index contributed by atoms with van der Waals surface area (Å²) in [6.45, 7) is 0. The van der Waals surface area contributed by atoms with E-state index in [0.29, 0.717) is 0 Å². The summed E-state index contributed by atoms with van der Waals surface area (Å²) in [6.07, 6.45) is 1.84. The smallest absolute Gasteiger partial charge is 0.367 e. The minimum absolute atomic E-state index is 0. The monoisotopic (exact) mass is 2470 g/mol. The molecule has 30 rings (SSSR count). The number of aromatic nitrogens is 16. The first-order valence-electron chi connectivity index (χ1n) is 49.3. The normalized spacial score (nSPS) is 11.6. The van der Waals surface area contributed by atoms with E-state index in [4.69, 9.17) is 34.9 Å². The Morgan fingerprint density at radius 3 is 0.973 bits per heavy atom. The van der Waals surface area contributed by atoms with Gasteiger partial charge in [0.25, 0.3) is 0 Å². The molecular formula is C131H86N16Pt3. The van der Waals surface area contributed by atoms with Gasteiger partial charge in [-0.25, -0.2) is 4.98 Å². The summed E-state index contributed by atoms with van der Waals surface area (Å²) in [5.74, 6) is 5.25. The molecule has 0 amide bonds. The molecule has 10 aromatic heterocycles. The van der Waals surface area contributed by atoms with E-state index in [2.05, 4.69) is 478 Å². The number of fused-ring (bicyclic) bond motifs is 18. The number of para-hydroxylation sites is 10. The van der Waals surface area contributed by atoms with Crippen molar-refractivity contribution in [2.75, 3.05) is 0 Å². The molecule has 0 fully saturated rings. The first-order valence-corrected chi connectivity index (χ1v) is 49.3. The fourth-order valence-electron chi connectivity index (χ4n) is 22.0. The van der Waals surface area contributed by atoms with Gasteiger partial charge in [-0.2, -0.15) is 0 Å². The van der Waals surface area contributed by atoms with Crippen LogP contribution in [0.5, 0.6) is 0 Å². The molecule has 0 radical (unpaired) electrons. The molecule has 0 saturated heterocycles. The quantitative estimate of drug-likeness (QED) is 0.111. The third kappa shape index (κ3) is 15.7. The first kappa shape index (κ1) is 93.7. The van der Waals surface area contributed by atoms with Crippen LogP contribution in [0, 0.1) is 36.4 Å². The van der Waals surface area contributed by atoms with Gasteiger partial charge >= 0.3 is 63.2 Å². The molecule has 0 spiro atoms. The van der Waals surface area contributed by atoms with Crippen molar-refractivity contribution in [1.82, 2.24) is 76.0 Å². The summed E-state index contributed by atoms with van der Waals surface area (Å²) in [7, 11) is 12.4. The average Bonchev–Trinajstić information content (AvgIpc) is 1.58. The van der Waals surface area contributed by atoms with Crippen molar-refractivity contribution in [3.05, 3.63) is 449 Å². The summed E-state index contributed by atoms with van der Waals surface area (Å²) >= 11 is 0. The van der Waals surface area contributed by atoms with Crippen molar-refractivity contribution in [3.8, 4) is 119 Å². The number of hydrogen-bond donors (Lipinski definition) is 0. The largest absolute Gasteiger partial charge is 2.00 e. The van der Waals surface area contributed by atoms with E-state index >= 15 is 0 Å². The van der Waals surface area contributed by atoms with Crippen LogP contribution in [-0.2, 0) is 105 Å². The molecule has 150 heavy (non-hydrogen) atoms. The summed E-state index contributed by atoms with van der Waals surface area (Å²) in [4.78, 5) is 35.0. The molecule has 0 aliphatic rings. The van der Waals surface area contributed by atoms with Gasteiger partial charge in [0.05, 0.1) is 101 Å². The molecule has 20 aromatic carbocycles. The van der Waals surface area contributed by atoms with E-state index < -0.39 is 0 Å². The number of aryl methyl sites for hydroxylation is 6. The second kappa shape index (κ2) is 37.8. The Kier molecular flexibility index (Phi) is 23.6. The summed E-state index contributed by atoms with van der Waals surface area (Å²) < 4.78 is 19.6. The Hall–Kier alpha value is -17.4. The maximum Gasteiger partial charge on any atom is 2.00 e. The van der Waals surface area contributed by atoms with Gasteiger partial charge in [0, 0.05) is 59.5 Å². The van der Waals surface area contributed by atoms with E-state index in [9.17, 15) is 0 Å². The molecule has 720 valence electrons. The maximum absolute atomic E-state index is 5.18. The predicted octanol–water partition coefficient (Wildman–Crippen LogP) is 30.3. The number of nitrogens with zero attached hydrogens (tertiary/aromatic N) is 16. The number of benzene rings is 20. The van der Waals surface area contributed by atoms with Crippen LogP contribution in [0.3, 0.4) is 0 Å². The zero-order chi connectivity index (χ0) is 97.9. The van der Waals surface area contributed by atoms with Crippen LogP contribution < -0.4 is 0 Å². The Balaban J connectivity index is 0.000000115. The van der Waals surface area contributed by atoms with Crippen molar-refractivity contribution < 1.29 is 63.2 Å². The Morgan fingerprint density at radius 2 is 0.507 bits per heavy atom. The molecule has 10 heterocycles. The van der Waals surface area contributed by atoms with Gasteiger partial charge in [0.2, 0.25) is 0 Å². The summed E-state index contributed by atoms with van der Waals surface area (Å²) in [5.41, 5.74) is 33.6. The van der Waals surface area contributed by atoms with E-state index in [1.807, 2.05) is 54.7 Å². The van der Waals surface area contributed by atoms with Crippen molar-refractivity contribution in [2.24, 2.45) is 42.3 Å². The second-order valence-electron chi connectivity index (χ2n) is 37.9. The minimum atomic E-state index is 0. The second-order valence-corrected chi connectivity index (χ2v) is 37.9. The van der Waals surface area contributed by atoms with Crippen LogP contribution in [0.4, 0.5) is 0 Å². The maximum atomic E-state index is 5.18. The number of rotatable bonds is 12. The Morgan fingerprint density at radius 1 is 0.187 bits per heavy atom. The van der Waals surface area contributed by atoms with Crippen LogP contribution in [0.25, 0.3) is 283 Å². The van der Waals surface area contributed by atoms with Crippen molar-refractivity contribution in [3.63, 3.8) is 0 Å². The third-order valence-corrected chi connectivity index (χ3v) is 29.4. The molecule has 16 nitrogen and oxygen atoms in total. The van der Waals surface area contributed by atoms with Crippen molar-refractivity contribution >= 4 is 164 Å². The summed E-state index contributed by atoms with van der Waals surface area (Å²) in [5, 5.41) is 14.1. The van der Waals surface area contributed by atoms with Crippen LogP contribution in [0.15, 0.2) is 413 Å². The molecule has 0 aliphatic heterocycles. The van der Waals surface area contributed by atoms with Gasteiger partial charge in [-0.3, -0.25) is 29.9 Å². The number of hydrogen-bond acceptors (Lipinski definition) is 7. The van der Waals surface area contributed by atoms with E-state index in [-0.39, 0.29) is 63.2 Å². The molecular weight excluding hydrogens is 2380 g/mol. The third-order valence-electron chi connectivity index (χ3n) is 29.4. The molecule has 0 N–H and O–H groups in total. The summed E-state index contributed by atoms with van der Waals surface area (Å²) in [6, 6.07) is 165. The minimum Gasteiger partial charge on any atom is -0.367 e. The van der Waals surface area contributed by atoms with E-state index in [0.717, 1.165) is 228 Å². The van der Waals surface area contributed by atoms with Crippen LogP contribution in [0.2, 0.25) is 0 Å².